The lowest BCUT2D eigenvalue weighted by atomic mass is 9.93. The molecule has 0 amide bonds. The van der Waals surface area contributed by atoms with E-state index in [2.05, 4.69) is 0 Å². The van der Waals surface area contributed by atoms with Crippen molar-refractivity contribution in [1.29, 1.82) is 5.26 Å². The van der Waals surface area contributed by atoms with Gasteiger partial charge in [0.25, 0.3) is 0 Å². The number of halogens is 6. The second kappa shape index (κ2) is 5.95. The fraction of sp³-hybridized carbons (Fsp3) is 0.188. The summed E-state index contributed by atoms with van der Waals surface area (Å²) in [6.45, 7) is 0. The highest BCUT2D eigenvalue weighted by Gasteiger charge is 2.34. The average molecular weight is 329 g/mol. The van der Waals surface area contributed by atoms with E-state index in [0.717, 1.165) is 36.4 Å². The van der Waals surface area contributed by atoms with E-state index in [0.29, 0.717) is 0 Å². The number of nitrogens with zero attached hydrogens (tertiary/aromatic N) is 1. The van der Waals surface area contributed by atoms with Crippen LogP contribution in [0.5, 0.6) is 0 Å². The Kier molecular flexibility index (Phi) is 4.37. The third-order valence-electron chi connectivity index (χ3n) is 3.26. The molecule has 2 rings (SSSR count). The molecule has 0 saturated carbocycles. The molecule has 0 aliphatic carbocycles. The van der Waals surface area contributed by atoms with Crippen molar-refractivity contribution in [3.05, 3.63) is 59.2 Å². The maximum Gasteiger partial charge on any atom is 0.416 e. The van der Waals surface area contributed by atoms with Gasteiger partial charge < -0.3 is 0 Å². The van der Waals surface area contributed by atoms with Crippen LogP contribution in [0.25, 0.3) is 11.1 Å². The predicted molar refractivity (Wildman–Crippen MR) is 71.2 cm³/mol. The average Bonchev–Trinajstić information content (AvgIpc) is 2.46. The van der Waals surface area contributed by atoms with Crippen LogP contribution in [0.2, 0.25) is 0 Å². The highest BCUT2D eigenvalue weighted by atomic mass is 19.4. The number of hydrogen-bond donors (Lipinski definition) is 0. The van der Waals surface area contributed by atoms with Gasteiger partial charge in [0.05, 0.1) is 23.6 Å². The number of hydrogen-bond acceptors (Lipinski definition) is 1. The van der Waals surface area contributed by atoms with E-state index in [1.807, 2.05) is 0 Å². The Morgan fingerprint density at radius 2 is 1.43 bits per heavy atom. The van der Waals surface area contributed by atoms with Gasteiger partial charge in [0, 0.05) is 0 Å². The molecule has 0 saturated heterocycles. The van der Waals surface area contributed by atoms with Crippen molar-refractivity contribution in [2.75, 3.05) is 0 Å². The molecule has 0 atom stereocenters. The zero-order chi connectivity index (χ0) is 17.3. The first-order valence-corrected chi connectivity index (χ1v) is 6.38. The Labute approximate surface area is 127 Å². The van der Waals surface area contributed by atoms with Gasteiger partial charge in [-0.25, -0.2) is 0 Å². The molecule has 0 spiro atoms. The zero-order valence-corrected chi connectivity index (χ0v) is 11.5. The summed E-state index contributed by atoms with van der Waals surface area (Å²) in [6, 6.07) is 8.81. The van der Waals surface area contributed by atoms with Gasteiger partial charge in [0.1, 0.15) is 0 Å². The van der Waals surface area contributed by atoms with Crippen LogP contribution >= 0.6 is 0 Å². The largest absolute Gasteiger partial charge is 0.416 e. The minimum absolute atomic E-state index is 0.0927. The normalized spacial score (nSPS) is 12.0. The first-order chi connectivity index (χ1) is 10.6. The summed E-state index contributed by atoms with van der Waals surface area (Å²) in [6.07, 6.45) is -9.66. The quantitative estimate of drug-likeness (QED) is 0.671. The minimum Gasteiger partial charge on any atom is -0.198 e. The molecule has 0 fully saturated rings. The highest BCUT2D eigenvalue weighted by molar-refractivity contribution is 5.70. The molecule has 0 aromatic heterocycles. The third-order valence-corrected chi connectivity index (χ3v) is 3.26. The van der Waals surface area contributed by atoms with Crippen molar-refractivity contribution in [1.82, 2.24) is 0 Å². The number of alkyl halides is 6. The fourth-order valence-electron chi connectivity index (χ4n) is 2.23. The molecule has 2 aromatic rings. The molecule has 0 aliphatic rings. The summed E-state index contributed by atoms with van der Waals surface area (Å²) < 4.78 is 76.7. The van der Waals surface area contributed by atoms with Crippen LogP contribution in [0.15, 0.2) is 42.5 Å². The van der Waals surface area contributed by atoms with Gasteiger partial charge in [0.2, 0.25) is 0 Å². The first kappa shape index (κ1) is 16.9. The van der Waals surface area contributed by atoms with Crippen molar-refractivity contribution in [2.45, 2.75) is 18.8 Å². The van der Waals surface area contributed by atoms with Crippen LogP contribution in [0.1, 0.15) is 16.7 Å². The van der Waals surface area contributed by atoms with Crippen LogP contribution in [-0.4, -0.2) is 0 Å². The molecule has 0 aliphatic heterocycles. The minimum atomic E-state index is -4.64. The zero-order valence-electron chi connectivity index (χ0n) is 11.5. The second-order valence-corrected chi connectivity index (χ2v) is 4.74. The van der Waals surface area contributed by atoms with Gasteiger partial charge in [-0.1, -0.05) is 24.3 Å². The molecule has 2 aromatic carbocycles. The van der Waals surface area contributed by atoms with Gasteiger partial charge >= 0.3 is 12.4 Å². The summed E-state index contributed by atoms with van der Waals surface area (Å²) >= 11 is 0. The molecule has 1 nitrogen and oxygen atoms in total. The van der Waals surface area contributed by atoms with Crippen LogP contribution in [-0.2, 0) is 18.8 Å². The van der Waals surface area contributed by atoms with Crippen LogP contribution in [0, 0.1) is 11.3 Å². The van der Waals surface area contributed by atoms with Gasteiger partial charge in [-0.2, -0.15) is 31.6 Å². The molecule has 0 heterocycles. The Morgan fingerprint density at radius 1 is 0.826 bits per heavy atom. The standard InChI is InChI=1S/C16H9F6N/c17-15(18,19)11-6-4-10(5-7-11)12-2-1-3-14(16(20,21)22)13(12)8-9-23/h1-7H,8H2. The van der Waals surface area contributed by atoms with Crippen molar-refractivity contribution >= 4 is 0 Å². The molecule has 120 valence electrons. The summed E-state index contributed by atoms with van der Waals surface area (Å²) in [5.41, 5.74) is -1.82. The van der Waals surface area contributed by atoms with E-state index in [4.69, 9.17) is 5.26 Å². The fourth-order valence-corrected chi connectivity index (χ4v) is 2.23. The topological polar surface area (TPSA) is 23.8 Å². The number of benzene rings is 2. The maximum absolute atomic E-state index is 13.0. The van der Waals surface area contributed by atoms with E-state index >= 15 is 0 Å². The van der Waals surface area contributed by atoms with E-state index in [-0.39, 0.29) is 16.7 Å². The van der Waals surface area contributed by atoms with Crippen LogP contribution < -0.4 is 0 Å². The molecular formula is C16H9F6N. The number of rotatable bonds is 2. The van der Waals surface area contributed by atoms with E-state index in [1.54, 1.807) is 6.07 Å². The Hall–Kier alpha value is -2.49. The molecular weight excluding hydrogens is 320 g/mol. The van der Waals surface area contributed by atoms with Gasteiger partial charge in [-0.05, 0) is 34.9 Å². The Bertz CT molecular complexity index is 735. The SMILES string of the molecule is N#CCc1c(-c2ccc(C(F)(F)F)cc2)cccc1C(F)(F)F. The Morgan fingerprint density at radius 3 is 1.91 bits per heavy atom. The third kappa shape index (κ3) is 3.65. The predicted octanol–water partition coefficient (Wildman–Crippen LogP) is 5.46. The smallest absolute Gasteiger partial charge is 0.198 e. The summed E-state index contributed by atoms with van der Waals surface area (Å²) in [5, 5.41) is 8.77. The first-order valence-electron chi connectivity index (χ1n) is 6.38. The summed E-state index contributed by atoms with van der Waals surface area (Å²) in [5.74, 6) is 0. The van der Waals surface area contributed by atoms with Crippen LogP contribution in [0.4, 0.5) is 26.3 Å². The van der Waals surface area contributed by atoms with Crippen molar-refractivity contribution < 1.29 is 26.3 Å². The molecule has 0 radical (unpaired) electrons. The highest BCUT2D eigenvalue weighted by Crippen LogP contribution is 2.38. The number of nitriles is 1. The van der Waals surface area contributed by atoms with E-state index in [9.17, 15) is 26.3 Å². The summed E-state index contributed by atoms with van der Waals surface area (Å²) in [7, 11) is 0. The lowest BCUT2D eigenvalue weighted by molar-refractivity contribution is -0.138. The molecule has 0 unspecified atom stereocenters. The molecule has 0 N–H and O–H groups in total. The van der Waals surface area contributed by atoms with Gasteiger partial charge in [-0.15, -0.1) is 0 Å². The van der Waals surface area contributed by atoms with Crippen molar-refractivity contribution in [3.63, 3.8) is 0 Å². The monoisotopic (exact) mass is 329 g/mol. The lowest BCUT2D eigenvalue weighted by Crippen LogP contribution is -2.10. The van der Waals surface area contributed by atoms with E-state index in [1.165, 1.54) is 6.07 Å². The summed E-state index contributed by atoms with van der Waals surface area (Å²) in [4.78, 5) is 0. The van der Waals surface area contributed by atoms with E-state index < -0.39 is 29.9 Å². The van der Waals surface area contributed by atoms with Gasteiger partial charge in [0.15, 0.2) is 0 Å². The molecule has 23 heavy (non-hydrogen) atoms. The second-order valence-electron chi connectivity index (χ2n) is 4.74. The van der Waals surface area contributed by atoms with Crippen molar-refractivity contribution in [3.8, 4) is 17.2 Å². The molecule has 0 bridgehead atoms. The van der Waals surface area contributed by atoms with Crippen LogP contribution in [0.3, 0.4) is 0 Å². The van der Waals surface area contributed by atoms with Gasteiger partial charge in [-0.3, -0.25) is 0 Å². The molecule has 7 heteroatoms. The van der Waals surface area contributed by atoms with Crippen molar-refractivity contribution in [2.24, 2.45) is 0 Å². The maximum atomic E-state index is 13.0. The Balaban J connectivity index is 2.58. The lowest BCUT2D eigenvalue weighted by Gasteiger charge is -2.16.